The summed E-state index contributed by atoms with van der Waals surface area (Å²) in [6, 6.07) is 2.35. The number of hydrogen-bond acceptors (Lipinski definition) is 4. The molecule has 2 N–H and O–H groups in total. The van der Waals surface area contributed by atoms with Crippen molar-refractivity contribution in [1.29, 1.82) is 0 Å². The molecule has 2 bridgehead atoms. The van der Waals surface area contributed by atoms with Crippen molar-refractivity contribution >= 4 is 22.9 Å². The highest BCUT2D eigenvalue weighted by molar-refractivity contribution is 7.10. The van der Waals surface area contributed by atoms with Gasteiger partial charge in [-0.25, -0.2) is 0 Å². The molecule has 2 saturated heterocycles. The minimum absolute atomic E-state index is 0.305. The van der Waals surface area contributed by atoms with Crippen LogP contribution in [0.3, 0.4) is 0 Å². The number of ether oxygens (including phenoxy) is 1. The molecule has 94 valence electrons. The van der Waals surface area contributed by atoms with Crippen LogP contribution in [-0.4, -0.2) is 36.7 Å². The Bertz CT molecular complexity index is 386. The lowest BCUT2D eigenvalue weighted by Crippen LogP contribution is -2.46. The third kappa shape index (κ3) is 2.37. The number of likely N-dealkylation sites (tertiary alicyclic amines) is 1. The van der Waals surface area contributed by atoms with Crippen LogP contribution >= 0.6 is 22.9 Å². The molecule has 5 heteroatoms. The third-order valence-corrected chi connectivity index (χ3v) is 5.03. The van der Waals surface area contributed by atoms with Gasteiger partial charge in [-0.05, 0) is 18.9 Å². The van der Waals surface area contributed by atoms with Crippen molar-refractivity contribution in [2.45, 2.75) is 31.1 Å². The molecule has 3 atom stereocenters. The van der Waals surface area contributed by atoms with E-state index in [1.54, 1.807) is 11.3 Å². The van der Waals surface area contributed by atoms with E-state index < -0.39 is 0 Å². The number of fused-ring (bicyclic) bond motifs is 2. The molecule has 0 aliphatic carbocycles. The molecule has 3 nitrogen and oxygen atoms in total. The van der Waals surface area contributed by atoms with Crippen LogP contribution in [0.2, 0.25) is 5.02 Å². The van der Waals surface area contributed by atoms with E-state index in [9.17, 15) is 0 Å². The zero-order chi connectivity index (χ0) is 11.8. The Morgan fingerprint density at radius 1 is 1.47 bits per heavy atom. The van der Waals surface area contributed by atoms with E-state index in [0.29, 0.717) is 24.8 Å². The summed E-state index contributed by atoms with van der Waals surface area (Å²) >= 11 is 7.70. The van der Waals surface area contributed by atoms with Crippen LogP contribution in [0.15, 0.2) is 11.4 Å². The predicted molar refractivity (Wildman–Crippen MR) is 70.6 cm³/mol. The molecule has 3 unspecified atom stereocenters. The second-order valence-corrected chi connectivity index (χ2v) is 6.21. The lowest BCUT2D eigenvalue weighted by molar-refractivity contribution is -0.0516. The van der Waals surface area contributed by atoms with E-state index in [0.717, 1.165) is 18.1 Å². The normalized spacial score (nSPS) is 30.7. The summed E-state index contributed by atoms with van der Waals surface area (Å²) in [7, 11) is 0. The maximum atomic E-state index is 6.00. The lowest BCUT2D eigenvalue weighted by atomic mass is 10.1. The van der Waals surface area contributed by atoms with Gasteiger partial charge in [-0.1, -0.05) is 11.6 Å². The van der Waals surface area contributed by atoms with E-state index in [2.05, 4.69) is 4.90 Å². The van der Waals surface area contributed by atoms with Crippen LogP contribution in [0.25, 0.3) is 0 Å². The number of rotatable bonds is 3. The molecule has 0 radical (unpaired) electrons. The molecule has 0 saturated carbocycles. The number of halogens is 1. The first kappa shape index (κ1) is 11.9. The van der Waals surface area contributed by atoms with Crippen molar-refractivity contribution in [2.75, 3.05) is 19.6 Å². The van der Waals surface area contributed by atoms with E-state index in [4.69, 9.17) is 22.1 Å². The third-order valence-electron chi connectivity index (χ3n) is 3.65. The lowest BCUT2D eigenvalue weighted by Gasteiger charge is -2.37. The molecular weight excluding hydrogens is 256 g/mol. The van der Waals surface area contributed by atoms with Crippen molar-refractivity contribution in [3.63, 3.8) is 0 Å². The molecule has 1 aromatic heterocycles. The first-order valence-electron chi connectivity index (χ1n) is 6.10. The molecule has 2 aliphatic heterocycles. The van der Waals surface area contributed by atoms with Gasteiger partial charge in [0.15, 0.2) is 0 Å². The van der Waals surface area contributed by atoms with Gasteiger partial charge >= 0.3 is 0 Å². The maximum absolute atomic E-state index is 6.00. The van der Waals surface area contributed by atoms with Gasteiger partial charge in [0.2, 0.25) is 0 Å². The van der Waals surface area contributed by atoms with Crippen LogP contribution in [0.4, 0.5) is 0 Å². The SMILES string of the molecule is NCC(c1cc(Cl)cs1)N1CC2CCC(C1)O2. The van der Waals surface area contributed by atoms with Crippen molar-refractivity contribution in [3.05, 3.63) is 21.3 Å². The van der Waals surface area contributed by atoms with Gasteiger partial charge in [-0.2, -0.15) is 0 Å². The highest BCUT2D eigenvalue weighted by Gasteiger charge is 2.36. The van der Waals surface area contributed by atoms with Crippen LogP contribution in [0, 0.1) is 0 Å². The quantitative estimate of drug-likeness (QED) is 0.917. The minimum atomic E-state index is 0.305. The van der Waals surface area contributed by atoms with Crippen LogP contribution in [0.1, 0.15) is 23.8 Å². The summed E-state index contributed by atoms with van der Waals surface area (Å²) in [5.41, 5.74) is 5.94. The van der Waals surface area contributed by atoms with Crippen LogP contribution in [0.5, 0.6) is 0 Å². The zero-order valence-corrected chi connectivity index (χ0v) is 11.2. The van der Waals surface area contributed by atoms with Crippen molar-refractivity contribution in [2.24, 2.45) is 5.73 Å². The molecule has 3 heterocycles. The Hall–Kier alpha value is -0.130. The monoisotopic (exact) mass is 272 g/mol. The fourth-order valence-corrected chi connectivity index (χ4v) is 4.08. The van der Waals surface area contributed by atoms with Crippen molar-refractivity contribution < 1.29 is 4.74 Å². The number of nitrogens with zero attached hydrogens (tertiary/aromatic N) is 1. The Balaban J connectivity index is 1.77. The predicted octanol–water partition coefficient (Wildman–Crippen LogP) is 2.26. The van der Waals surface area contributed by atoms with Gasteiger partial charge in [-0.3, -0.25) is 4.90 Å². The topological polar surface area (TPSA) is 38.5 Å². The largest absolute Gasteiger partial charge is 0.372 e. The summed E-state index contributed by atoms with van der Waals surface area (Å²) in [6.45, 7) is 2.66. The molecule has 1 aromatic rings. The van der Waals surface area contributed by atoms with E-state index in [1.165, 1.54) is 17.7 Å². The molecule has 0 aromatic carbocycles. The average molecular weight is 273 g/mol. The Labute approximate surface area is 110 Å². The highest BCUT2D eigenvalue weighted by Crippen LogP contribution is 2.34. The number of thiophene rings is 1. The van der Waals surface area contributed by atoms with Crippen molar-refractivity contribution in [3.8, 4) is 0 Å². The summed E-state index contributed by atoms with van der Waals surface area (Å²) in [5.74, 6) is 0. The fraction of sp³-hybridized carbons (Fsp3) is 0.667. The van der Waals surface area contributed by atoms with Gasteiger partial charge < -0.3 is 10.5 Å². The van der Waals surface area contributed by atoms with E-state index >= 15 is 0 Å². The van der Waals surface area contributed by atoms with Gasteiger partial charge in [-0.15, -0.1) is 11.3 Å². The molecule has 0 spiro atoms. The zero-order valence-electron chi connectivity index (χ0n) is 9.64. The van der Waals surface area contributed by atoms with Crippen LogP contribution in [-0.2, 0) is 4.74 Å². The number of morpholine rings is 1. The maximum Gasteiger partial charge on any atom is 0.0707 e. The Kier molecular flexibility index (Phi) is 3.41. The van der Waals surface area contributed by atoms with Crippen molar-refractivity contribution in [1.82, 2.24) is 4.90 Å². The van der Waals surface area contributed by atoms with Gasteiger partial charge in [0.1, 0.15) is 0 Å². The standard InChI is InChI=1S/C12H17ClN2OS/c13-8-3-12(17-7-8)11(4-14)15-5-9-1-2-10(6-15)16-9/h3,7,9-11H,1-2,4-6,14H2. The summed E-state index contributed by atoms with van der Waals surface area (Å²) in [4.78, 5) is 3.74. The first-order chi connectivity index (χ1) is 8.26. The average Bonchev–Trinajstić information content (AvgIpc) is 2.87. The number of hydrogen-bond donors (Lipinski definition) is 1. The smallest absolute Gasteiger partial charge is 0.0707 e. The molecular formula is C12H17ClN2OS. The fourth-order valence-electron chi connectivity index (χ4n) is 2.85. The molecule has 17 heavy (non-hydrogen) atoms. The van der Waals surface area contributed by atoms with Crippen LogP contribution < -0.4 is 5.73 Å². The van der Waals surface area contributed by atoms with Gasteiger partial charge in [0.25, 0.3) is 0 Å². The second-order valence-electron chi connectivity index (χ2n) is 4.83. The second kappa shape index (κ2) is 4.86. The van der Waals surface area contributed by atoms with E-state index in [1.807, 2.05) is 11.4 Å². The first-order valence-corrected chi connectivity index (χ1v) is 7.35. The molecule has 2 fully saturated rings. The molecule has 2 aliphatic rings. The minimum Gasteiger partial charge on any atom is -0.372 e. The summed E-state index contributed by atoms with van der Waals surface area (Å²) in [6.07, 6.45) is 3.23. The Morgan fingerprint density at radius 2 is 2.18 bits per heavy atom. The van der Waals surface area contributed by atoms with Gasteiger partial charge in [0, 0.05) is 29.9 Å². The number of nitrogens with two attached hydrogens (primary N) is 1. The molecule has 0 amide bonds. The highest BCUT2D eigenvalue weighted by atomic mass is 35.5. The molecule has 3 rings (SSSR count). The summed E-state index contributed by atoms with van der Waals surface area (Å²) in [5, 5.41) is 2.80. The van der Waals surface area contributed by atoms with Gasteiger partial charge in [0.05, 0.1) is 23.3 Å². The summed E-state index contributed by atoms with van der Waals surface area (Å²) < 4.78 is 5.86. The Morgan fingerprint density at radius 3 is 2.71 bits per heavy atom. The van der Waals surface area contributed by atoms with E-state index in [-0.39, 0.29) is 0 Å².